The van der Waals surface area contributed by atoms with E-state index in [4.69, 9.17) is 11.6 Å². The molecule has 0 aliphatic carbocycles. The maximum atomic E-state index is 6.44. The van der Waals surface area contributed by atoms with E-state index in [0.29, 0.717) is 6.04 Å². The van der Waals surface area contributed by atoms with E-state index >= 15 is 0 Å². The Morgan fingerprint density at radius 2 is 2.25 bits per heavy atom. The van der Waals surface area contributed by atoms with Gasteiger partial charge in [-0.15, -0.1) is 0 Å². The predicted octanol–water partition coefficient (Wildman–Crippen LogP) is 3.56. The average Bonchev–Trinajstić information content (AvgIpc) is 2.37. The van der Waals surface area contributed by atoms with E-state index in [1.165, 1.54) is 0 Å². The molecule has 0 radical (unpaired) electrons. The van der Waals surface area contributed by atoms with E-state index in [1.54, 1.807) is 0 Å². The summed E-state index contributed by atoms with van der Waals surface area (Å²) in [7, 11) is 0. The monoisotopic (exact) mass is 313 g/mol. The topological polar surface area (TPSA) is 28.2 Å². The fraction of sp³-hybridized carbons (Fsp3) is 0.667. The summed E-state index contributed by atoms with van der Waals surface area (Å²) in [5.74, 6) is 3.22. The minimum atomic E-state index is 0.101. The SMILES string of the molecule is CC1CSCCN1c1ncc(CNC(C)(C)C)cc1Cl. The number of halogens is 1. The van der Waals surface area contributed by atoms with E-state index in [2.05, 4.69) is 42.9 Å². The Balaban J connectivity index is 2.09. The van der Waals surface area contributed by atoms with Crippen molar-refractivity contribution in [2.24, 2.45) is 0 Å². The van der Waals surface area contributed by atoms with Crippen LogP contribution < -0.4 is 10.2 Å². The Morgan fingerprint density at radius 3 is 2.85 bits per heavy atom. The van der Waals surface area contributed by atoms with Gasteiger partial charge in [0.25, 0.3) is 0 Å². The molecule has 2 rings (SSSR count). The Labute approximate surface area is 131 Å². The van der Waals surface area contributed by atoms with Crippen LogP contribution in [-0.2, 0) is 6.54 Å². The van der Waals surface area contributed by atoms with E-state index in [0.717, 1.165) is 41.0 Å². The van der Waals surface area contributed by atoms with Gasteiger partial charge < -0.3 is 10.2 Å². The largest absolute Gasteiger partial charge is 0.351 e. The third-order valence-electron chi connectivity index (χ3n) is 3.34. The molecule has 0 amide bonds. The van der Waals surface area contributed by atoms with Gasteiger partial charge in [0.1, 0.15) is 5.82 Å². The van der Waals surface area contributed by atoms with Gasteiger partial charge in [-0.2, -0.15) is 11.8 Å². The summed E-state index contributed by atoms with van der Waals surface area (Å²) >= 11 is 8.44. The van der Waals surface area contributed by atoms with E-state index in [1.807, 2.05) is 24.0 Å². The van der Waals surface area contributed by atoms with Gasteiger partial charge in [-0.05, 0) is 39.3 Å². The summed E-state index contributed by atoms with van der Waals surface area (Å²) in [5, 5.41) is 4.22. The summed E-state index contributed by atoms with van der Waals surface area (Å²) in [4.78, 5) is 6.92. The molecule has 1 aromatic heterocycles. The number of hydrogen-bond acceptors (Lipinski definition) is 4. The van der Waals surface area contributed by atoms with Crippen molar-refractivity contribution < 1.29 is 0 Å². The van der Waals surface area contributed by atoms with Gasteiger partial charge >= 0.3 is 0 Å². The van der Waals surface area contributed by atoms with Crippen molar-refractivity contribution >= 4 is 29.2 Å². The molecule has 1 atom stereocenters. The number of aromatic nitrogens is 1. The van der Waals surface area contributed by atoms with Crippen LogP contribution in [0, 0.1) is 0 Å². The molecule has 1 aromatic rings. The lowest BCUT2D eigenvalue weighted by Gasteiger charge is -2.34. The minimum Gasteiger partial charge on any atom is -0.351 e. The number of pyridine rings is 1. The normalized spacial score (nSPS) is 20.2. The second-order valence-corrected chi connectivity index (χ2v) is 7.93. The number of nitrogens with zero attached hydrogens (tertiary/aromatic N) is 2. The predicted molar refractivity (Wildman–Crippen MR) is 90.0 cm³/mol. The van der Waals surface area contributed by atoms with Crippen molar-refractivity contribution in [1.29, 1.82) is 0 Å². The van der Waals surface area contributed by atoms with Crippen molar-refractivity contribution in [3.05, 3.63) is 22.8 Å². The second-order valence-electron chi connectivity index (χ2n) is 6.37. The fourth-order valence-electron chi connectivity index (χ4n) is 2.19. The summed E-state index contributed by atoms with van der Waals surface area (Å²) in [6.07, 6.45) is 1.94. The number of nitrogens with one attached hydrogen (secondary N) is 1. The Bertz CT molecular complexity index is 459. The fourth-order valence-corrected chi connectivity index (χ4v) is 3.50. The van der Waals surface area contributed by atoms with Gasteiger partial charge in [0.2, 0.25) is 0 Å². The van der Waals surface area contributed by atoms with Crippen molar-refractivity contribution in [3.63, 3.8) is 0 Å². The number of anilines is 1. The maximum Gasteiger partial charge on any atom is 0.147 e. The van der Waals surface area contributed by atoms with E-state index < -0.39 is 0 Å². The van der Waals surface area contributed by atoms with Gasteiger partial charge in [-0.1, -0.05) is 11.6 Å². The van der Waals surface area contributed by atoms with Crippen LogP contribution in [0.1, 0.15) is 33.3 Å². The molecule has 112 valence electrons. The molecule has 2 heterocycles. The first kappa shape index (κ1) is 15.9. The summed E-state index contributed by atoms with van der Waals surface area (Å²) in [5.41, 5.74) is 1.23. The molecule has 0 saturated carbocycles. The molecule has 1 N–H and O–H groups in total. The van der Waals surface area contributed by atoms with Gasteiger partial charge in [0.15, 0.2) is 0 Å². The number of hydrogen-bond donors (Lipinski definition) is 1. The molecular formula is C15H24ClN3S. The molecule has 0 bridgehead atoms. The van der Waals surface area contributed by atoms with Gasteiger partial charge in [0.05, 0.1) is 5.02 Å². The van der Waals surface area contributed by atoms with Crippen LogP contribution in [-0.4, -0.2) is 34.6 Å². The molecule has 1 aliphatic heterocycles. The molecule has 0 spiro atoms. The lowest BCUT2D eigenvalue weighted by molar-refractivity contribution is 0.424. The number of thioether (sulfide) groups is 1. The second kappa shape index (κ2) is 6.54. The van der Waals surface area contributed by atoms with Crippen LogP contribution in [0.15, 0.2) is 12.3 Å². The van der Waals surface area contributed by atoms with Crippen LogP contribution in [0.2, 0.25) is 5.02 Å². The van der Waals surface area contributed by atoms with Gasteiger partial charge in [-0.25, -0.2) is 4.98 Å². The summed E-state index contributed by atoms with van der Waals surface area (Å²) in [6.45, 7) is 10.5. The van der Waals surface area contributed by atoms with Gasteiger partial charge in [0, 0.05) is 42.4 Å². The van der Waals surface area contributed by atoms with Crippen molar-refractivity contribution in [2.75, 3.05) is 23.0 Å². The first-order valence-electron chi connectivity index (χ1n) is 7.10. The van der Waals surface area contributed by atoms with Crippen LogP contribution in [0.5, 0.6) is 0 Å². The van der Waals surface area contributed by atoms with Crippen molar-refractivity contribution in [2.45, 2.75) is 45.8 Å². The number of rotatable bonds is 3. The first-order valence-corrected chi connectivity index (χ1v) is 8.64. The van der Waals surface area contributed by atoms with Crippen LogP contribution in [0.3, 0.4) is 0 Å². The van der Waals surface area contributed by atoms with Gasteiger partial charge in [-0.3, -0.25) is 0 Å². The van der Waals surface area contributed by atoms with Crippen LogP contribution in [0.25, 0.3) is 0 Å². The zero-order valence-corrected chi connectivity index (χ0v) is 14.3. The molecule has 5 heteroatoms. The van der Waals surface area contributed by atoms with Crippen molar-refractivity contribution in [3.8, 4) is 0 Å². The quantitative estimate of drug-likeness (QED) is 0.923. The molecule has 1 unspecified atom stereocenters. The Kier molecular flexibility index (Phi) is 5.21. The highest BCUT2D eigenvalue weighted by Crippen LogP contribution is 2.29. The molecule has 1 saturated heterocycles. The molecule has 1 aliphatic rings. The zero-order chi connectivity index (χ0) is 14.8. The molecule has 0 aromatic carbocycles. The molecular weight excluding hydrogens is 290 g/mol. The zero-order valence-electron chi connectivity index (χ0n) is 12.7. The van der Waals surface area contributed by atoms with E-state index in [9.17, 15) is 0 Å². The summed E-state index contributed by atoms with van der Waals surface area (Å²) < 4.78 is 0. The highest BCUT2D eigenvalue weighted by molar-refractivity contribution is 7.99. The maximum absolute atomic E-state index is 6.44. The van der Waals surface area contributed by atoms with Crippen LogP contribution in [0.4, 0.5) is 5.82 Å². The third kappa shape index (κ3) is 4.27. The lowest BCUT2D eigenvalue weighted by atomic mass is 10.1. The Morgan fingerprint density at radius 1 is 1.50 bits per heavy atom. The molecule has 20 heavy (non-hydrogen) atoms. The van der Waals surface area contributed by atoms with E-state index in [-0.39, 0.29) is 5.54 Å². The average molecular weight is 314 g/mol. The third-order valence-corrected chi connectivity index (χ3v) is 4.81. The minimum absolute atomic E-state index is 0.101. The standard InChI is InChI=1S/C15H24ClN3S/c1-11-10-20-6-5-19(11)14-13(16)7-12(8-17-14)9-18-15(2,3)4/h7-8,11,18H,5-6,9-10H2,1-4H3. The Hall–Kier alpha value is -0.450. The molecule has 3 nitrogen and oxygen atoms in total. The molecule has 1 fully saturated rings. The summed E-state index contributed by atoms with van der Waals surface area (Å²) in [6, 6.07) is 2.54. The highest BCUT2D eigenvalue weighted by atomic mass is 35.5. The lowest BCUT2D eigenvalue weighted by Crippen LogP contribution is -2.41. The first-order chi connectivity index (χ1) is 9.37. The smallest absolute Gasteiger partial charge is 0.147 e. The van der Waals surface area contributed by atoms with Crippen LogP contribution >= 0.6 is 23.4 Å². The highest BCUT2D eigenvalue weighted by Gasteiger charge is 2.22. The van der Waals surface area contributed by atoms with Crippen molar-refractivity contribution in [1.82, 2.24) is 10.3 Å².